The molecule has 0 saturated heterocycles. The van der Waals surface area contributed by atoms with Crippen LogP contribution < -0.4 is 20.1 Å². The molecule has 0 bridgehead atoms. The van der Waals surface area contributed by atoms with Crippen LogP contribution in [0.3, 0.4) is 0 Å². The Morgan fingerprint density at radius 3 is 2.76 bits per heavy atom. The first-order valence-corrected chi connectivity index (χ1v) is 9.31. The lowest BCUT2D eigenvalue weighted by Gasteiger charge is -2.19. The van der Waals surface area contributed by atoms with E-state index < -0.39 is 0 Å². The number of hydrogen-bond donors (Lipinski definition) is 2. The van der Waals surface area contributed by atoms with Gasteiger partial charge in [0, 0.05) is 16.3 Å². The number of halogens is 1. The molecule has 0 saturated carbocycles. The zero-order valence-electron chi connectivity index (χ0n) is 15.3. The molecule has 3 aromatic carbocycles. The van der Waals surface area contributed by atoms with Crippen molar-refractivity contribution >= 4 is 34.8 Å². The Bertz CT molecular complexity index is 1080. The van der Waals surface area contributed by atoms with E-state index >= 15 is 0 Å². The SMILES string of the molecule is O=C1COc2ccc(NC(=O)c3ccccc3OCc3ccccc3Cl)cc2N1. The molecule has 1 aliphatic heterocycles. The van der Waals surface area contributed by atoms with Crippen LogP contribution in [0.2, 0.25) is 5.02 Å². The minimum atomic E-state index is -0.331. The number of nitrogens with one attached hydrogen (secondary N) is 2. The molecule has 0 aromatic heterocycles. The van der Waals surface area contributed by atoms with Crippen molar-refractivity contribution in [2.24, 2.45) is 0 Å². The Labute approximate surface area is 172 Å². The van der Waals surface area contributed by atoms with Crippen molar-refractivity contribution in [3.05, 3.63) is 82.9 Å². The van der Waals surface area contributed by atoms with E-state index in [1.807, 2.05) is 18.2 Å². The van der Waals surface area contributed by atoms with Crippen molar-refractivity contribution in [1.82, 2.24) is 0 Å². The van der Waals surface area contributed by atoms with Crippen molar-refractivity contribution in [1.29, 1.82) is 0 Å². The molecule has 0 fully saturated rings. The van der Waals surface area contributed by atoms with Gasteiger partial charge in [-0.3, -0.25) is 9.59 Å². The van der Waals surface area contributed by atoms with Crippen LogP contribution in [0.4, 0.5) is 11.4 Å². The highest BCUT2D eigenvalue weighted by Crippen LogP contribution is 2.31. The number of carbonyl (C=O) groups is 2. The number of anilines is 2. The number of ether oxygens (including phenoxy) is 2. The Hall–Kier alpha value is -3.51. The van der Waals surface area contributed by atoms with Crippen LogP contribution in [-0.4, -0.2) is 18.4 Å². The number of fused-ring (bicyclic) bond motifs is 1. The normalized spacial score (nSPS) is 12.4. The Morgan fingerprint density at radius 2 is 1.90 bits per heavy atom. The molecule has 1 heterocycles. The van der Waals surface area contributed by atoms with Crippen LogP contribution in [-0.2, 0) is 11.4 Å². The van der Waals surface area contributed by atoms with Gasteiger partial charge in [-0.05, 0) is 36.4 Å². The predicted octanol–water partition coefficient (Wildman–Crippen LogP) is 4.50. The average Bonchev–Trinajstić information content (AvgIpc) is 2.73. The molecule has 2 N–H and O–H groups in total. The fraction of sp³-hybridized carbons (Fsp3) is 0.0909. The third kappa shape index (κ3) is 4.33. The zero-order valence-corrected chi connectivity index (χ0v) is 16.0. The Balaban J connectivity index is 1.50. The summed E-state index contributed by atoms with van der Waals surface area (Å²) in [5.74, 6) is 0.438. The summed E-state index contributed by atoms with van der Waals surface area (Å²) in [6.45, 7) is 0.223. The molecule has 146 valence electrons. The molecular weight excluding hydrogens is 392 g/mol. The molecule has 0 unspecified atom stereocenters. The van der Waals surface area contributed by atoms with Gasteiger partial charge in [-0.25, -0.2) is 0 Å². The molecule has 0 radical (unpaired) electrons. The maximum Gasteiger partial charge on any atom is 0.262 e. The molecular formula is C22H17ClN2O4. The first kappa shape index (κ1) is 18.8. The summed E-state index contributed by atoms with van der Waals surface area (Å²) in [4.78, 5) is 24.3. The second-order valence-electron chi connectivity index (χ2n) is 6.38. The van der Waals surface area contributed by atoms with Crippen LogP contribution in [0.15, 0.2) is 66.7 Å². The van der Waals surface area contributed by atoms with E-state index in [0.717, 1.165) is 5.56 Å². The molecule has 0 aliphatic carbocycles. The predicted molar refractivity (Wildman–Crippen MR) is 111 cm³/mol. The van der Waals surface area contributed by atoms with Crippen LogP contribution >= 0.6 is 11.6 Å². The second-order valence-corrected chi connectivity index (χ2v) is 6.79. The number of benzene rings is 3. The fourth-order valence-corrected chi connectivity index (χ4v) is 3.10. The van der Waals surface area contributed by atoms with Crippen LogP contribution in [0, 0.1) is 0 Å². The molecule has 3 aromatic rings. The highest BCUT2D eigenvalue weighted by molar-refractivity contribution is 6.31. The van der Waals surface area contributed by atoms with E-state index in [1.165, 1.54) is 0 Å². The quantitative estimate of drug-likeness (QED) is 0.651. The van der Waals surface area contributed by atoms with Crippen molar-refractivity contribution in [2.75, 3.05) is 17.2 Å². The summed E-state index contributed by atoms with van der Waals surface area (Å²) in [6.07, 6.45) is 0. The smallest absolute Gasteiger partial charge is 0.262 e. The van der Waals surface area contributed by atoms with Crippen molar-refractivity contribution in [3.63, 3.8) is 0 Å². The first-order chi connectivity index (χ1) is 14.1. The summed E-state index contributed by atoms with van der Waals surface area (Å²) >= 11 is 6.17. The van der Waals surface area contributed by atoms with Gasteiger partial charge in [0.2, 0.25) is 0 Å². The molecule has 4 rings (SSSR count). The zero-order chi connectivity index (χ0) is 20.2. The average molecular weight is 409 g/mol. The molecule has 0 atom stereocenters. The van der Waals surface area contributed by atoms with Crippen molar-refractivity contribution < 1.29 is 19.1 Å². The number of amides is 2. The minimum Gasteiger partial charge on any atom is -0.488 e. The van der Waals surface area contributed by atoms with Gasteiger partial charge < -0.3 is 20.1 Å². The third-order valence-corrected chi connectivity index (χ3v) is 4.71. The lowest BCUT2D eigenvalue weighted by atomic mass is 10.1. The van der Waals surface area contributed by atoms with E-state index in [1.54, 1.807) is 48.5 Å². The monoisotopic (exact) mass is 408 g/mol. The lowest BCUT2D eigenvalue weighted by Crippen LogP contribution is -2.25. The molecule has 6 nitrogen and oxygen atoms in total. The minimum absolute atomic E-state index is 0.0190. The van der Waals surface area contributed by atoms with Gasteiger partial charge in [0.15, 0.2) is 6.61 Å². The van der Waals surface area contributed by atoms with E-state index in [9.17, 15) is 9.59 Å². The van der Waals surface area contributed by atoms with E-state index in [0.29, 0.717) is 33.5 Å². The van der Waals surface area contributed by atoms with Gasteiger partial charge in [0.1, 0.15) is 18.1 Å². The molecule has 7 heteroatoms. The molecule has 0 spiro atoms. The molecule has 2 amide bonds. The van der Waals surface area contributed by atoms with Crippen LogP contribution in [0.25, 0.3) is 0 Å². The number of hydrogen-bond acceptors (Lipinski definition) is 4. The summed E-state index contributed by atoms with van der Waals surface area (Å²) in [5.41, 5.74) is 2.26. The molecule has 1 aliphatic rings. The van der Waals surface area contributed by atoms with Gasteiger partial charge in [-0.1, -0.05) is 41.9 Å². The van der Waals surface area contributed by atoms with Crippen molar-refractivity contribution in [3.8, 4) is 11.5 Å². The summed E-state index contributed by atoms with van der Waals surface area (Å²) in [5, 5.41) is 6.14. The first-order valence-electron chi connectivity index (χ1n) is 8.93. The lowest BCUT2D eigenvalue weighted by molar-refractivity contribution is -0.118. The fourth-order valence-electron chi connectivity index (χ4n) is 2.91. The van der Waals surface area contributed by atoms with E-state index in [-0.39, 0.29) is 25.0 Å². The van der Waals surface area contributed by atoms with Gasteiger partial charge in [-0.2, -0.15) is 0 Å². The van der Waals surface area contributed by atoms with Crippen LogP contribution in [0.1, 0.15) is 15.9 Å². The largest absolute Gasteiger partial charge is 0.488 e. The highest BCUT2D eigenvalue weighted by atomic mass is 35.5. The molecule has 29 heavy (non-hydrogen) atoms. The standard InChI is InChI=1S/C22H17ClN2O4/c23-17-7-3-1-5-14(17)12-28-19-8-4-2-6-16(19)22(27)24-15-9-10-20-18(11-15)25-21(26)13-29-20/h1-11H,12-13H2,(H,24,27)(H,25,26). The summed E-state index contributed by atoms with van der Waals surface area (Å²) < 4.78 is 11.2. The Morgan fingerprint density at radius 1 is 1.10 bits per heavy atom. The number of para-hydroxylation sites is 1. The maximum atomic E-state index is 12.8. The van der Waals surface area contributed by atoms with Crippen molar-refractivity contribution in [2.45, 2.75) is 6.61 Å². The number of carbonyl (C=O) groups excluding carboxylic acids is 2. The van der Waals surface area contributed by atoms with Gasteiger partial charge in [0.05, 0.1) is 11.3 Å². The van der Waals surface area contributed by atoms with Gasteiger partial charge in [-0.15, -0.1) is 0 Å². The topological polar surface area (TPSA) is 76.7 Å². The van der Waals surface area contributed by atoms with Crippen LogP contribution in [0.5, 0.6) is 11.5 Å². The third-order valence-electron chi connectivity index (χ3n) is 4.34. The van der Waals surface area contributed by atoms with E-state index in [4.69, 9.17) is 21.1 Å². The Kier molecular flexibility index (Phi) is 5.35. The summed E-state index contributed by atoms with van der Waals surface area (Å²) in [7, 11) is 0. The summed E-state index contributed by atoms with van der Waals surface area (Å²) in [6, 6.07) is 19.4. The van der Waals surface area contributed by atoms with Gasteiger partial charge in [0.25, 0.3) is 11.8 Å². The second kappa shape index (κ2) is 8.24. The van der Waals surface area contributed by atoms with Gasteiger partial charge >= 0.3 is 0 Å². The van der Waals surface area contributed by atoms with E-state index in [2.05, 4.69) is 10.6 Å². The number of rotatable bonds is 5. The highest BCUT2D eigenvalue weighted by Gasteiger charge is 2.18. The maximum absolute atomic E-state index is 12.8.